The zero-order valence-corrected chi connectivity index (χ0v) is 13.8. The van der Waals surface area contributed by atoms with Gasteiger partial charge in [-0.2, -0.15) is 11.8 Å². The minimum atomic E-state index is -3.88. The molecule has 0 saturated carbocycles. The van der Waals surface area contributed by atoms with E-state index in [4.69, 9.17) is 11.6 Å². The van der Waals surface area contributed by atoms with Gasteiger partial charge >= 0.3 is 0 Å². The van der Waals surface area contributed by atoms with E-state index in [0.29, 0.717) is 6.42 Å². The minimum absolute atomic E-state index is 0.195. The Morgan fingerprint density at radius 1 is 1.40 bits per heavy atom. The predicted molar refractivity (Wildman–Crippen MR) is 82.4 cm³/mol. The van der Waals surface area contributed by atoms with Gasteiger partial charge in [-0.05, 0) is 37.6 Å². The van der Waals surface area contributed by atoms with Crippen molar-refractivity contribution in [2.75, 3.05) is 25.6 Å². The molecule has 114 valence electrons. The highest BCUT2D eigenvalue weighted by Crippen LogP contribution is 2.23. The third kappa shape index (κ3) is 4.89. The predicted octanol–water partition coefficient (Wildman–Crippen LogP) is 2.23. The Kier molecular flexibility index (Phi) is 7.25. The number of benzene rings is 1. The first-order valence-electron chi connectivity index (χ1n) is 6.03. The van der Waals surface area contributed by atoms with Crippen LogP contribution in [-0.2, 0) is 16.6 Å². The summed E-state index contributed by atoms with van der Waals surface area (Å²) in [6, 6.07) is 2.55. The lowest BCUT2D eigenvalue weighted by Gasteiger charge is -2.11. The molecule has 4 nitrogen and oxygen atoms in total. The van der Waals surface area contributed by atoms with Crippen molar-refractivity contribution in [2.24, 2.45) is 0 Å². The molecule has 1 aromatic rings. The second-order valence-corrected chi connectivity index (χ2v) is 7.31. The molecule has 0 atom stereocenters. The van der Waals surface area contributed by atoms with Crippen LogP contribution in [0.1, 0.15) is 12.0 Å². The van der Waals surface area contributed by atoms with Crippen molar-refractivity contribution in [2.45, 2.75) is 17.9 Å². The van der Waals surface area contributed by atoms with Crippen LogP contribution < -0.4 is 10.0 Å². The van der Waals surface area contributed by atoms with E-state index in [2.05, 4.69) is 10.0 Å². The van der Waals surface area contributed by atoms with Crippen molar-refractivity contribution in [3.63, 3.8) is 0 Å². The quantitative estimate of drug-likeness (QED) is 0.712. The van der Waals surface area contributed by atoms with Gasteiger partial charge in [0.1, 0.15) is 10.7 Å². The molecule has 20 heavy (non-hydrogen) atoms. The Bertz CT molecular complexity index is 553. The standard InChI is InChI=1S/C12H18ClFN2O2S2/c1-15-8-9-6-10(13)7-11(12(9)14)20(17,18)16-4-3-5-19-2/h6-7,15-16H,3-5,8H2,1-2H3. The number of hydrogen-bond donors (Lipinski definition) is 2. The van der Waals surface area contributed by atoms with E-state index in [1.807, 2.05) is 6.26 Å². The van der Waals surface area contributed by atoms with Gasteiger partial charge < -0.3 is 5.32 Å². The second kappa shape index (κ2) is 8.19. The van der Waals surface area contributed by atoms with E-state index in [-0.39, 0.29) is 23.7 Å². The van der Waals surface area contributed by atoms with E-state index in [1.165, 1.54) is 6.07 Å². The third-order valence-corrected chi connectivity index (χ3v) is 4.93. The Morgan fingerprint density at radius 3 is 2.70 bits per heavy atom. The van der Waals surface area contributed by atoms with E-state index in [1.54, 1.807) is 18.8 Å². The lowest BCUT2D eigenvalue weighted by atomic mass is 10.2. The fourth-order valence-corrected chi connectivity index (χ4v) is 3.59. The van der Waals surface area contributed by atoms with Crippen LogP contribution in [0, 0.1) is 5.82 Å². The lowest BCUT2D eigenvalue weighted by molar-refractivity contribution is 0.546. The average Bonchev–Trinajstić information content (AvgIpc) is 2.39. The topological polar surface area (TPSA) is 58.2 Å². The third-order valence-electron chi connectivity index (χ3n) is 2.55. The number of rotatable bonds is 8. The summed E-state index contributed by atoms with van der Waals surface area (Å²) in [4.78, 5) is -0.403. The Balaban J connectivity index is 2.99. The molecule has 0 spiro atoms. The first-order chi connectivity index (χ1) is 9.42. The molecule has 1 aromatic carbocycles. The first-order valence-corrected chi connectivity index (χ1v) is 9.29. The molecule has 0 unspecified atom stereocenters. The van der Waals surface area contributed by atoms with Gasteiger partial charge in [-0.3, -0.25) is 0 Å². The lowest BCUT2D eigenvalue weighted by Crippen LogP contribution is -2.26. The molecule has 0 bridgehead atoms. The summed E-state index contributed by atoms with van der Waals surface area (Å²) in [5.41, 5.74) is 0.226. The Morgan fingerprint density at radius 2 is 2.10 bits per heavy atom. The van der Waals surface area contributed by atoms with Crippen LogP contribution in [0.4, 0.5) is 4.39 Å². The molecule has 2 N–H and O–H groups in total. The smallest absolute Gasteiger partial charge is 0.243 e. The number of sulfonamides is 1. The van der Waals surface area contributed by atoms with E-state index in [0.717, 1.165) is 11.8 Å². The molecule has 0 aromatic heterocycles. The zero-order chi connectivity index (χ0) is 15.2. The Labute approximate surface area is 128 Å². The SMILES string of the molecule is CNCc1cc(Cl)cc(S(=O)(=O)NCCCSC)c1F. The van der Waals surface area contributed by atoms with Gasteiger partial charge in [-0.15, -0.1) is 0 Å². The van der Waals surface area contributed by atoms with Crippen molar-refractivity contribution >= 4 is 33.4 Å². The Hall–Kier alpha value is -0.340. The van der Waals surface area contributed by atoms with Crippen LogP contribution in [0.3, 0.4) is 0 Å². The maximum atomic E-state index is 14.2. The van der Waals surface area contributed by atoms with Gasteiger partial charge in [0.05, 0.1) is 0 Å². The molecule has 8 heteroatoms. The van der Waals surface area contributed by atoms with Crippen LogP contribution in [-0.4, -0.2) is 34.0 Å². The highest BCUT2D eigenvalue weighted by molar-refractivity contribution is 7.98. The van der Waals surface area contributed by atoms with Gasteiger partial charge in [0, 0.05) is 23.7 Å². The first kappa shape index (κ1) is 17.7. The monoisotopic (exact) mass is 340 g/mol. The van der Waals surface area contributed by atoms with Gasteiger partial charge in [-0.25, -0.2) is 17.5 Å². The van der Waals surface area contributed by atoms with Gasteiger partial charge in [-0.1, -0.05) is 11.6 Å². The van der Waals surface area contributed by atoms with Crippen LogP contribution >= 0.6 is 23.4 Å². The van der Waals surface area contributed by atoms with Gasteiger partial charge in [0.2, 0.25) is 10.0 Å². The minimum Gasteiger partial charge on any atom is -0.316 e. The molecule has 0 saturated heterocycles. The summed E-state index contributed by atoms with van der Waals surface area (Å²) in [7, 11) is -2.23. The summed E-state index contributed by atoms with van der Waals surface area (Å²) in [5, 5.41) is 2.97. The number of hydrogen-bond acceptors (Lipinski definition) is 4. The van der Waals surface area contributed by atoms with Crippen LogP contribution in [0.2, 0.25) is 5.02 Å². The van der Waals surface area contributed by atoms with Gasteiger partial charge in [0.25, 0.3) is 0 Å². The fourth-order valence-electron chi connectivity index (χ4n) is 1.63. The van der Waals surface area contributed by atoms with Crippen molar-refractivity contribution in [1.29, 1.82) is 0 Å². The molecule has 0 aliphatic carbocycles. The summed E-state index contributed by atoms with van der Waals surface area (Å²) in [5.74, 6) is 0.0760. The van der Waals surface area contributed by atoms with Crippen molar-refractivity contribution in [1.82, 2.24) is 10.0 Å². The number of halogens is 2. The number of nitrogens with one attached hydrogen (secondary N) is 2. The van der Waals surface area contributed by atoms with E-state index < -0.39 is 20.7 Å². The summed E-state index contributed by atoms with van der Waals surface area (Å²) < 4.78 is 40.8. The van der Waals surface area contributed by atoms with Crippen molar-refractivity contribution < 1.29 is 12.8 Å². The summed E-state index contributed by atoms with van der Waals surface area (Å²) in [6.45, 7) is 0.484. The average molecular weight is 341 g/mol. The van der Waals surface area contributed by atoms with Crippen LogP contribution in [0.25, 0.3) is 0 Å². The molecule has 1 rings (SSSR count). The molecular formula is C12H18ClFN2O2S2. The maximum absolute atomic E-state index is 14.2. The van der Waals surface area contributed by atoms with Crippen LogP contribution in [0.15, 0.2) is 17.0 Å². The number of thioether (sulfide) groups is 1. The van der Waals surface area contributed by atoms with Crippen molar-refractivity contribution in [3.8, 4) is 0 Å². The fraction of sp³-hybridized carbons (Fsp3) is 0.500. The van der Waals surface area contributed by atoms with E-state index in [9.17, 15) is 12.8 Å². The second-order valence-electron chi connectivity index (χ2n) is 4.15. The summed E-state index contributed by atoms with van der Waals surface area (Å²) >= 11 is 7.48. The van der Waals surface area contributed by atoms with E-state index >= 15 is 0 Å². The summed E-state index contributed by atoms with van der Waals surface area (Å²) in [6.07, 6.45) is 2.63. The maximum Gasteiger partial charge on any atom is 0.243 e. The molecule has 0 amide bonds. The molecule has 0 aliphatic heterocycles. The van der Waals surface area contributed by atoms with Crippen molar-refractivity contribution in [3.05, 3.63) is 28.5 Å². The highest BCUT2D eigenvalue weighted by atomic mass is 35.5. The van der Waals surface area contributed by atoms with Crippen LogP contribution in [0.5, 0.6) is 0 Å². The highest BCUT2D eigenvalue weighted by Gasteiger charge is 2.21. The molecule has 0 aliphatic rings. The largest absolute Gasteiger partial charge is 0.316 e. The zero-order valence-electron chi connectivity index (χ0n) is 11.4. The molecule has 0 heterocycles. The van der Waals surface area contributed by atoms with Gasteiger partial charge in [0.15, 0.2) is 0 Å². The molecular weight excluding hydrogens is 323 g/mol. The molecule has 0 fully saturated rings. The molecule has 0 radical (unpaired) electrons. The normalized spacial score (nSPS) is 11.8.